The number of piperidine rings is 1. The maximum Gasteiger partial charge on any atom is 0.295 e. The van der Waals surface area contributed by atoms with Gasteiger partial charge in [-0.1, -0.05) is 5.16 Å². The lowest BCUT2D eigenvalue weighted by Crippen LogP contribution is -2.36. The smallest absolute Gasteiger partial charge is 0.295 e. The number of carbonyl (C=O) groups excluding carboxylic acids is 1. The van der Waals surface area contributed by atoms with Gasteiger partial charge in [-0.2, -0.15) is 4.98 Å². The number of hydrogen-bond donors (Lipinski definition) is 1. The Bertz CT molecular complexity index is 357. The molecule has 0 aliphatic carbocycles. The lowest BCUT2D eigenvalue weighted by atomic mass is 10.1. The summed E-state index contributed by atoms with van der Waals surface area (Å²) < 4.78 is 4.95. The van der Waals surface area contributed by atoms with E-state index in [1.54, 1.807) is 11.9 Å². The van der Waals surface area contributed by atoms with Crippen LogP contribution in [0, 0.1) is 0 Å². The number of rotatable bonds is 3. The molecule has 2 rings (SSSR count). The van der Waals surface area contributed by atoms with E-state index < -0.39 is 0 Å². The van der Waals surface area contributed by atoms with Crippen molar-refractivity contribution in [1.82, 2.24) is 20.4 Å². The number of amides is 1. The molecule has 0 atom stereocenters. The molecule has 2 heterocycles. The second-order valence-electron chi connectivity index (χ2n) is 3.89. The molecule has 0 saturated carbocycles. The molecular formula is C10H16N4O2. The van der Waals surface area contributed by atoms with Crippen molar-refractivity contribution in [3.63, 3.8) is 0 Å². The molecule has 0 spiro atoms. The molecule has 1 saturated heterocycles. The largest absolute Gasteiger partial charge is 0.337 e. The van der Waals surface area contributed by atoms with E-state index >= 15 is 0 Å². The van der Waals surface area contributed by atoms with E-state index in [0.29, 0.717) is 12.4 Å². The Morgan fingerprint density at radius 1 is 1.44 bits per heavy atom. The normalized spacial score (nSPS) is 16.4. The minimum Gasteiger partial charge on any atom is -0.337 e. The van der Waals surface area contributed by atoms with E-state index in [0.717, 1.165) is 25.9 Å². The molecule has 0 bridgehead atoms. The van der Waals surface area contributed by atoms with Gasteiger partial charge in [-0.3, -0.25) is 4.79 Å². The highest BCUT2D eigenvalue weighted by molar-refractivity contribution is 5.90. The Morgan fingerprint density at radius 2 is 2.19 bits per heavy atom. The summed E-state index contributed by atoms with van der Waals surface area (Å²) in [5, 5.41) is 6.59. The summed E-state index contributed by atoms with van der Waals surface area (Å²) in [6.45, 7) is 2.09. The monoisotopic (exact) mass is 224 g/mol. The van der Waals surface area contributed by atoms with Crippen LogP contribution < -0.4 is 5.32 Å². The zero-order valence-electron chi connectivity index (χ0n) is 9.40. The SMILES string of the molecule is CNCc1nc(C(=O)N2CCCCC2)no1. The first kappa shape index (κ1) is 11.1. The van der Waals surface area contributed by atoms with Gasteiger partial charge in [0.2, 0.25) is 5.89 Å². The van der Waals surface area contributed by atoms with Crippen LogP contribution in [0.5, 0.6) is 0 Å². The first-order chi connectivity index (χ1) is 7.81. The van der Waals surface area contributed by atoms with Crippen LogP contribution in [0.1, 0.15) is 35.8 Å². The van der Waals surface area contributed by atoms with Gasteiger partial charge in [0.15, 0.2) is 0 Å². The van der Waals surface area contributed by atoms with Gasteiger partial charge >= 0.3 is 0 Å². The first-order valence-electron chi connectivity index (χ1n) is 5.57. The van der Waals surface area contributed by atoms with Gasteiger partial charge in [-0.05, 0) is 26.3 Å². The van der Waals surface area contributed by atoms with E-state index in [1.165, 1.54) is 6.42 Å². The third-order valence-corrected chi connectivity index (χ3v) is 2.63. The van der Waals surface area contributed by atoms with E-state index in [9.17, 15) is 4.79 Å². The Kier molecular flexibility index (Phi) is 3.51. The second-order valence-corrected chi connectivity index (χ2v) is 3.89. The molecule has 0 radical (unpaired) electrons. The van der Waals surface area contributed by atoms with Crippen molar-refractivity contribution in [2.24, 2.45) is 0 Å². The van der Waals surface area contributed by atoms with Gasteiger partial charge in [-0.25, -0.2) is 0 Å². The van der Waals surface area contributed by atoms with Gasteiger partial charge < -0.3 is 14.7 Å². The highest BCUT2D eigenvalue weighted by Gasteiger charge is 2.22. The summed E-state index contributed by atoms with van der Waals surface area (Å²) in [5.74, 6) is 0.501. The topological polar surface area (TPSA) is 71.3 Å². The Morgan fingerprint density at radius 3 is 2.88 bits per heavy atom. The van der Waals surface area contributed by atoms with Crippen molar-refractivity contribution in [3.8, 4) is 0 Å². The summed E-state index contributed by atoms with van der Waals surface area (Å²) in [7, 11) is 1.79. The first-order valence-corrected chi connectivity index (χ1v) is 5.57. The molecule has 16 heavy (non-hydrogen) atoms. The maximum atomic E-state index is 11.9. The lowest BCUT2D eigenvalue weighted by Gasteiger charge is -2.25. The van der Waals surface area contributed by atoms with E-state index in [4.69, 9.17) is 4.52 Å². The fourth-order valence-electron chi connectivity index (χ4n) is 1.80. The number of nitrogens with one attached hydrogen (secondary N) is 1. The summed E-state index contributed by atoms with van der Waals surface area (Å²) in [6.07, 6.45) is 3.32. The molecule has 1 aromatic heterocycles. The van der Waals surface area contributed by atoms with Crippen LogP contribution in [0.4, 0.5) is 0 Å². The van der Waals surface area contributed by atoms with Gasteiger partial charge in [-0.15, -0.1) is 0 Å². The lowest BCUT2D eigenvalue weighted by molar-refractivity contribution is 0.0708. The minimum atomic E-state index is -0.120. The number of likely N-dealkylation sites (tertiary alicyclic amines) is 1. The van der Waals surface area contributed by atoms with Crippen LogP contribution >= 0.6 is 0 Å². The van der Waals surface area contributed by atoms with Crippen LogP contribution in [-0.2, 0) is 6.54 Å². The molecule has 1 fully saturated rings. The Hall–Kier alpha value is -1.43. The highest BCUT2D eigenvalue weighted by Crippen LogP contribution is 2.11. The van der Waals surface area contributed by atoms with Crippen LogP contribution in [0.2, 0.25) is 0 Å². The van der Waals surface area contributed by atoms with Crippen molar-refractivity contribution >= 4 is 5.91 Å². The Labute approximate surface area is 94.0 Å². The maximum absolute atomic E-state index is 11.9. The van der Waals surface area contributed by atoms with E-state index in [2.05, 4.69) is 15.5 Å². The molecule has 6 nitrogen and oxygen atoms in total. The molecule has 1 aromatic rings. The van der Waals surface area contributed by atoms with E-state index in [1.807, 2.05) is 0 Å². The fraction of sp³-hybridized carbons (Fsp3) is 0.700. The van der Waals surface area contributed by atoms with Crippen LogP contribution in [0.25, 0.3) is 0 Å². The molecule has 0 unspecified atom stereocenters. The van der Waals surface area contributed by atoms with Gasteiger partial charge in [0.1, 0.15) is 0 Å². The van der Waals surface area contributed by atoms with Crippen molar-refractivity contribution in [2.45, 2.75) is 25.8 Å². The average molecular weight is 224 g/mol. The molecule has 1 aliphatic heterocycles. The highest BCUT2D eigenvalue weighted by atomic mass is 16.5. The summed E-state index contributed by atoms with van der Waals surface area (Å²) >= 11 is 0. The third-order valence-electron chi connectivity index (χ3n) is 2.63. The molecular weight excluding hydrogens is 208 g/mol. The van der Waals surface area contributed by atoms with Crippen molar-refractivity contribution < 1.29 is 9.32 Å². The molecule has 1 N–H and O–H groups in total. The average Bonchev–Trinajstić information content (AvgIpc) is 2.78. The predicted molar refractivity (Wildman–Crippen MR) is 56.8 cm³/mol. The number of hydrogen-bond acceptors (Lipinski definition) is 5. The van der Waals surface area contributed by atoms with E-state index in [-0.39, 0.29) is 11.7 Å². The number of nitrogens with zero attached hydrogens (tertiary/aromatic N) is 3. The van der Waals surface area contributed by atoms with Gasteiger partial charge in [0, 0.05) is 13.1 Å². The van der Waals surface area contributed by atoms with Crippen molar-refractivity contribution in [3.05, 3.63) is 11.7 Å². The summed E-state index contributed by atoms with van der Waals surface area (Å²) in [4.78, 5) is 17.8. The fourth-order valence-corrected chi connectivity index (χ4v) is 1.80. The number of aromatic nitrogens is 2. The molecule has 6 heteroatoms. The number of carbonyl (C=O) groups is 1. The van der Waals surface area contributed by atoms with Crippen LogP contribution in [0.3, 0.4) is 0 Å². The minimum absolute atomic E-state index is 0.120. The van der Waals surface area contributed by atoms with Crippen LogP contribution in [-0.4, -0.2) is 41.1 Å². The summed E-state index contributed by atoms with van der Waals surface area (Å²) in [5.41, 5.74) is 0. The molecule has 88 valence electrons. The molecule has 0 aromatic carbocycles. The van der Waals surface area contributed by atoms with Gasteiger partial charge in [0.05, 0.1) is 6.54 Å². The zero-order valence-corrected chi connectivity index (χ0v) is 9.40. The molecule has 1 amide bonds. The van der Waals surface area contributed by atoms with Crippen molar-refractivity contribution in [2.75, 3.05) is 20.1 Å². The summed E-state index contributed by atoms with van der Waals surface area (Å²) in [6, 6.07) is 0. The quantitative estimate of drug-likeness (QED) is 0.805. The Balaban J connectivity index is 2.01. The van der Waals surface area contributed by atoms with Crippen LogP contribution in [0.15, 0.2) is 4.52 Å². The third kappa shape index (κ3) is 2.38. The second kappa shape index (κ2) is 5.07. The van der Waals surface area contributed by atoms with Crippen molar-refractivity contribution in [1.29, 1.82) is 0 Å². The van der Waals surface area contributed by atoms with Gasteiger partial charge in [0.25, 0.3) is 11.7 Å². The zero-order chi connectivity index (χ0) is 11.4. The standard InChI is InChI=1S/C10H16N4O2/c1-11-7-8-12-9(13-16-8)10(15)14-5-3-2-4-6-14/h11H,2-7H2,1H3. The predicted octanol–water partition coefficient (Wildman–Crippen LogP) is 0.415. The molecule has 1 aliphatic rings.